The maximum Gasteiger partial charge on any atom is 0.0371 e. The normalized spacial score (nSPS) is 15.6. The predicted molar refractivity (Wildman–Crippen MR) is 93.0 cm³/mol. The SMILES string of the molecule is Cc1cc(N(CC2CC2)C(C)C)ccc1CNC(C)(C)C. The molecule has 0 bridgehead atoms. The summed E-state index contributed by atoms with van der Waals surface area (Å²) in [6.45, 7) is 15.6. The largest absolute Gasteiger partial charge is 0.369 e. The van der Waals surface area contributed by atoms with Gasteiger partial charge in [0.2, 0.25) is 0 Å². The topological polar surface area (TPSA) is 15.3 Å². The van der Waals surface area contributed by atoms with Crippen LogP contribution in [0.2, 0.25) is 0 Å². The van der Waals surface area contributed by atoms with Gasteiger partial charge in [-0.25, -0.2) is 0 Å². The fourth-order valence-corrected chi connectivity index (χ4v) is 2.61. The van der Waals surface area contributed by atoms with E-state index in [0.717, 1.165) is 12.5 Å². The maximum atomic E-state index is 3.58. The first-order valence-electron chi connectivity index (χ1n) is 8.37. The Morgan fingerprint density at radius 3 is 2.38 bits per heavy atom. The Morgan fingerprint density at radius 2 is 1.90 bits per heavy atom. The Hall–Kier alpha value is -1.02. The van der Waals surface area contributed by atoms with Crippen LogP contribution in [0.25, 0.3) is 0 Å². The van der Waals surface area contributed by atoms with Crippen LogP contribution in [0.1, 0.15) is 58.6 Å². The predicted octanol–water partition coefficient (Wildman–Crippen LogP) is 4.51. The summed E-state index contributed by atoms with van der Waals surface area (Å²) in [5.74, 6) is 0.926. The van der Waals surface area contributed by atoms with Gasteiger partial charge in [0.1, 0.15) is 0 Å². The van der Waals surface area contributed by atoms with Crippen LogP contribution in [0.15, 0.2) is 18.2 Å². The molecule has 21 heavy (non-hydrogen) atoms. The summed E-state index contributed by atoms with van der Waals surface area (Å²) >= 11 is 0. The average Bonchev–Trinajstić information content (AvgIpc) is 3.17. The molecule has 0 aliphatic heterocycles. The first kappa shape index (κ1) is 16.4. The van der Waals surface area contributed by atoms with Crippen LogP contribution in [0.3, 0.4) is 0 Å². The highest BCUT2D eigenvalue weighted by atomic mass is 15.2. The van der Waals surface area contributed by atoms with Crippen molar-refractivity contribution in [2.24, 2.45) is 5.92 Å². The molecule has 1 aromatic carbocycles. The van der Waals surface area contributed by atoms with E-state index in [-0.39, 0.29) is 5.54 Å². The van der Waals surface area contributed by atoms with E-state index in [0.29, 0.717) is 6.04 Å². The van der Waals surface area contributed by atoms with Crippen molar-refractivity contribution in [2.45, 2.75) is 72.5 Å². The molecular weight excluding hydrogens is 256 g/mol. The Labute approximate surface area is 130 Å². The van der Waals surface area contributed by atoms with Gasteiger partial charge in [-0.2, -0.15) is 0 Å². The van der Waals surface area contributed by atoms with Crippen LogP contribution in [-0.4, -0.2) is 18.1 Å². The smallest absolute Gasteiger partial charge is 0.0371 e. The van der Waals surface area contributed by atoms with Gasteiger partial charge in [-0.3, -0.25) is 0 Å². The van der Waals surface area contributed by atoms with Gasteiger partial charge in [0.15, 0.2) is 0 Å². The monoisotopic (exact) mass is 288 g/mol. The second kappa shape index (κ2) is 6.39. The highest BCUT2D eigenvalue weighted by Crippen LogP contribution is 2.32. The Morgan fingerprint density at radius 1 is 1.24 bits per heavy atom. The van der Waals surface area contributed by atoms with Gasteiger partial charge in [-0.15, -0.1) is 0 Å². The summed E-state index contributed by atoms with van der Waals surface area (Å²) in [7, 11) is 0. The molecular formula is C19H32N2. The molecule has 0 heterocycles. The minimum Gasteiger partial charge on any atom is -0.369 e. The highest BCUT2D eigenvalue weighted by molar-refractivity contribution is 5.51. The average molecular weight is 288 g/mol. The molecule has 0 amide bonds. The van der Waals surface area contributed by atoms with E-state index in [9.17, 15) is 0 Å². The second-order valence-electron chi connectivity index (χ2n) is 7.90. The van der Waals surface area contributed by atoms with Crippen molar-refractivity contribution in [1.82, 2.24) is 5.32 Å². The molecule has 0 saturated heterocycles. The molecule has 2 rings (SSSR count). The van der Waals surface area contributed by atoms with Crippen molar-refractivity contribution in [3.05, 3.63) is 29.3 Å². The molecule has 1 aromatic rings. The molecule has 1 saturated carbocycles. The van der Waals surface area contributed by atoms with E-state index >= 15 is 0 Å². The summed E-state index contributed by atoms with van der Waals surface area (Å²) < 4.78 is 0. The van der Waals surface area contributed by atoms with E-state index in [1.807, 2.05) is 0 Å². The number of nitrogens with one attached hydrogen (secondary N) is 1. The van der Waals surface area contributed by atoms with Gasteiger partial charge in [-0.1, -0.05) is 6.07 Å². The zero-order valence-corrected chi connectivity index (χ0v) is 14.7. The molecule has 1 aliphatic carbocycles. The van der Waals surface area contributed by atoms with Crippen LogP contribution >= 0.6 is 0 Å². The van der Waals surface area contributed by atoms with Gasteiger partial charge in [0, 0.05) is 30.4 Å². The summed E-state index contributed by atoms with van der Waals surface area (Å²) in [6.07, 6.45) is 2.82. The van der Waals surface area contributed by atoms with Crippen molar-refractivity contribution in [3.8, 4) is 0 Å². The second-order valence-corrected chi connectivity index (χ2v) is 7.90. The molecule has 1 N–H and O–H groups in total. The number of hydrogen-bond donors (Lipinski definition) is 1. The van der Waals surface area contributed by atoms with Gasteiger partial charge >= 0.3 is 0 Å². The fourth-order valence-electron chi connectivity index (χ4n) is 2.61. The molecule has 0 spiro atoms. The Kier molecular flexibility index (Phi) is 4.98. The quantitative estimate of drug-likeness (QED) is 0.828. The Bertz CT molecular complexity index is 467. The first-order valence-corrected chi connectivity index (χ1v) is 8.37. The highest BCUT2D eigenvalue weighted by Gasteiger charge is 2.25. The molecule has 2 nitrogen and oxygen atoms in total. The lowest BCUT2D eigenvalue weighted by atomic mass is 10.0. The molecule has 2 heteroatoms. The number of aryl methyl sites for hydroxylation is 1. The van der Waals surface area contributed by atoms with Crippen LogP contribution in [-0.2, 0) is 6.54 Å². The lowest BCUT2D eigenvalue weighted by Gasteiger charge is -2.30. The van der Waals surface area contributed by atoms with Crippen molar-refractivity contribution < 1.29 is 0 Å². The van der Waals surface area contributed by atoms with Crippen molar-refractivity contribution in [2.75, 3.05) is 11.4 Å². The molecule has 1 aliphatic rings. The summed E-state index contributed by atoms with van der Waals surface area (Å²) in [6, 6.07) is 7.53. The third-order valence-corrected chi connectivity index (χ3v) is 4.24. The van der Waals surface area contributed by atoms with E-state index in [1.165, 1.54) is 36.2 Å². The molecule has 1 fully saturated rings. The first-order chi connectivity index (χ1) is 9.76. The van der Waals surface area contributed by atoms with E-state index < -0.39 is 0 Å². The molecule has 0 radical (unpaired) electrons. The van der Waals surface area contributed by atoms with Crippen LogP contribution in [0.4, 0.5) is 5.69 Å². The zero-order chi connectivity index (χ0) is 15.6. The summed E-state index contributed by atoms with van der Waals surface area (Å²) in [4.78, 5) is 2.56. The summed E-state index contributed by atoms with van der Waals surface area (Å²) in [5, 5.41) is 3.58. The minimum absolute atomic E-state index is 0.168. The van der Waals surface area contributed by atoms with Gasteiger partial charge in [-0.05, 0) is 83.6 Å². The van der Waals surface area contributed by atoms with Gasteiger partial charge in [0.25, 0.3) is 0 Å². The minimum atomic E-state index is 0.168. The van der Waals surface area contributed by atoms with Gasteiger partial charge in [0.05, 0.1) is 0 Å². The summed E-state index contributed by atoms with van der Waals surface area (Å²) in [5.41, 5.74) is 4.35. The standard InChI is InChI=1S/C19H32N2/c1-14(2)21(13-16-7-8-16)18-10-9-17(15(3)11-18)12-20-19(4,5)6/h9-11,14,16,20H,7-8,12-13H2,1-6H3. The van der Waals surface area contributed by atoms with Crippen LogP contribution in [0, 0.1) is 12.8 Å². The van der Waals surface area contributed by atoms with Crippen LogP contribution < -0.4 is 10.2 Å². The third-order valence-electron chi connectivity index (χ3n) is 4.24. The van der Waals surface area contributed by atoms with Crippen LogP contribution in [0.5, 0.6) is 0 Å². The van der Waals surface area contributed by atoms with Crippen molar-refractivity contribution >= 4 is 5.69 Å². The molecule has 0 atom stereocenters. The molecule has 0 unspecified atom stereocenters. The van der Waals surface area contributed by atoms with E-state index in [1.54, 1.807) is 0 Å². The van der Waals surface area contributed by atoms with Gasteiger partial charge < -0.3 is 10.2 Å². The number of nitrogens with zero attached hydrogens (tertiary/aromatic N) is 1. The number of rotatable bonds is 6. The lowest BCUT2D eigenvalue weighted by molar-refractivity contribution is 0.424. The zero-order valence-electron chi connectivity index (χ0n) is 14.7. The lowest BCUT2D eigenvalue weighted by Crippen LogP contribution is -2.35. The van der Waals surface area contributed by atoms with E-state index in [4.69, 9.17) is 0 Å². The number of benzene rings is 1. The van der Waals surface area contributed by atoms with Crippen molar-refractivity contribution in [1.29, 1.82) is 0 Å². The third kappa shape index (κ3) is 5.03. The Balaban J connectivity index is 2.09. The molecule has 0 aromatic heterocycles. The van der Waals surface area contributed by atoms with E-state index in [2.05, 4.69) is 70.0 Å². The maximum absolute atomic E-state index is 3.58. The van der Waals surface area contributed by atoms with Crippen molar-refractivity contribution in [3.63, 3.8) is 0 Å². The number of hydrogen-bond acceptors (Lipinski definition) is 2. The molecule has 118 valence electrons. The number of anilines is 1. The fraction of sp³-hybridized carbons (Fsp3) is 0.684.